The summed E-state index contributed by atoms with van der Waals surface area (Å²) < 4.78 is 12.7. The van der Waals surface area contributed by atoms with Gasteiger partial charge in [-0.2, -0.15) is 4.90 Å². The molecule has 2 aromatic rings. The van der Waals surface area contributed by atoms with Crippen molar-refractivity contribution >= 4 is 39.6 Å². The van der Waals surface area contributed by atoms with Crippen LogP contribution in [0.3, 0.4) is 0 Å². The van der Waals surface area contributed by atoms with Crippen molar-refractivity contribution in [2.45, 2.75) is 52.7 Å². The zero-order valence-electron chi connectivity index (χ0n) is 15.0. The van der Waals surface area contributed by atoms with Crippen molar-refractivity contribution in [2.75, 3.05) is 4.90 Å². The molecule has 0 spiro atoms. The molecule has 0 fully saturated rings. The van der Waals surface area contributed by atoms with Crippen molar-refractivity contribution in [1.82, 2.24) is 14.6 Å². The number of carbonyl (C=O) groups excluding carboxylic acids is 2. The molecule has 0 saturated heterocycles. The highest BCUT2D eigenvalue weighted by molar-refractivity contribution is 9.10. The number of hydrogen-bond acceptors (Lipinski definition) is 6. The lowest BCUT2D eigenvalue weighted by Gasteiger charge is -2.27. The molecule has 2 rings (SSSR count). The fourth-order valence-electron chi connectivity index (χ4n) is 1.83. The molecule has 2 aromatic heterocycles. The molecule has 0 aliphatic rings. The third-order valence-corrected chi connectivity index (χ3v) is 3.23. The summed E-state index contributed by atoms with van der Waals surface area (Å²) in [6.07, 6.45) is -0.174. The first-order valence-electron chi connectivity index (χ1n) is 7.64. The molecule has 0 radical (unpaired) electrons. The van der Waals surface area contributed by atoms with Gasteiger partial charge in [0.15, 0.2) is 11.5 Å². The Morgan fingerprint density at radius 3 is 2.04 bits per heavy atom. The molecule has 0 atom stereocenters. The number of nitrogens with zero attached hydrogens (tertiary/aromatic N) is 4. The molecule has 2 heterocycles. The SMILES string of the molecule is CC(C)(C)OC(=O)N(C(=O)OC(C)(C)C)c1ccc2ncc(Br)n2n1. The summed E-state index contributed by atoms with van der Waals surface area (Å²) in [4.78, 5) is 30.0. The fourth-order valence-corrected chi connectivity index (χ4v) is 2.20. The second kappa shape index (κ2) is 6.62. The van der Waals surface area contributed by atoms with E-state index in [1.54, 1.807) is 53.8 Å². The number of rotatable bonds is 1. The van der Waals surface area contributed by atoms with Crippen LogP contribution in [-0.2, 0) is 9.47 Å². The second-order valence-corrected chi connectivity index (χ2v) is 8.15. The van der Waals surface area contributed by atoms with Crippen LogP contribution in [0.4, 0.5) is 15.4 Å². The first-order chi connectivity index (χ1) is 11.4. The summed E-state index contributed by atoms with van der Waals surface area (Å²) >= 11 is 3.31. The Kier molecular flexibility index (Phi) is 5.08. The van der Waals surface area contributed by atoms with Crippen LogP contribution in [0.1, 0.15) is 41.5 Å². The molecule has 8 nitrogen and oxygen atoms in total. The average molecular weight is 413 g/mol. The van der Waals surface area contributed by atoms with Gasteiger partial charge in [0.2, 0.25) is 0 Å². The van der Waals surface area contributed by atoms with E-state index in [4.69, 9.17) is 9.47 Å². The van der Waals surface area contributed by atoms with Crippen LogP contribution in [0.15, 0.2) is 22.9 Å². The van der Waals surface area contributed by atoms with Crippen LogP contribution < -0.4 is 4.90 Å². The molecule has 0 N–H and O–H groups in total. The summed E-state index contributed by atoms with van der Waals surface area (Å²) in [7, 11) is 0. The molecule has 0 aliphatic heterocycles. The molecule has 0 aliphatic carbocycles. The molecule has 0 bridgehead atoms. The van der Waals surface area contributed by atoms with Gasteiger partial charge in [0, 0.05) is 0 Å². The van der Waals surface area contributed by atoms with Gasteiger partial charge in [0.25, 0.3) is 0 Å². The minimum atomic E-state index is -0.871. The summed E-state index contributed by atoms with van der Waals surface area (Å²) in [6, 6.07) is 3.14. The Labute approximate surface area is 154 Å². The van der Waals surface area contributed by atoms with Crippen molar-refractivity contribution in [3.05, 3.63) is 22.9 Å². The molecule has 0 unspecified atom stereocenters. The largest absolute Gasteiger partial charge is 0.443 e. The minimum absolute atomic E-state index is 0.0645. The summed E-state index contributed by atoms with van der Waals surface area (Å²) in [5.41, 5.74) is -1.00. The smallest absolute Gasteiger partial charge is 0.425 e. The third kappa shape index (κ3) is 4.91. The maximum atomic E-state index is 12.6. The molecule has 25 heavy (non-hydrogen) atoms. The van der Waals surface area contributed by atoms with E-state index in [9.17, 15) is 9.59 Å². The van der Waals surface area contributed by atoms with Crippen LogP contribution in [-0.4, -0.2) is 38.0 Å². The number of imidazole rings is 1. The number of hydrogen-bond donors (Lipinski definition) is 0. The first-order valence-corrected chi connectivity index (χ1v) is 8.43. The Balaban J connectivity index is 2.46. The lowest BCUT2D eigenvalue weighted by Crippen LogP contribution is -2.44. The molecular formula is C16H21BrN4O4. The van der Waals surface area contributed by atoms with Crippen LogP contribution in [0.2, 0.25) is 0 Å². The summed E-state index contributed by atoms with van der Waals surface area (Å²) in [5.74, 6) is 0.0645. The van der Waals surface area contributed by atoms with Crippen molar-refractivity contribution in [3.8, 4) is 0 Å². The lowest BCUT2D eigenvalue weighted by molar-refractivity contribution is 0.0428. The van der Waals surface area contributed by atoms with Crippen molar-refractivity contribution < 1.29 is 19.1 Å². The van der Waals surface area contributed by atoms with E-state index >= 15 is 0 Å². The molecular weight excluding hydrogens is 392 g/mol. The number of ether oxygens (including phenoxy) is 2. The van der Waals surface area contributed by atoms with E-state index < -0.39 is 23.4 Å². The van der Waals surface area contributed by atoms with Crippen LogP contribution in [0.5, 0.6) is 0 Å². The highest BCUT2D eigenvalue weighted by Gasteiger charge is 2.33. The van der Waals surface area contributed by atoms with Crippen LogP contribution in [0, 0.1) is 0 Å². The number of carbonyl (C=O) groups is 2. The molecule has 2 amide bonds. The van der Waals surface area contributed by atoms with E-state index in [-0.39, 0.29) is 5.82 Å². The van der Waals surface area contributed by atoms with Gasteiger partial charge in [0.05, 0.1) is 6.20 Å². The zero-order chi connectivity index (χ0) is 19.0. The van der Waals surface area contributed by atoms with Crippen LogP contribution in [0.25, 0.3) is 5.65 Å². The van der Waals surface area contributed by atoms with Crippen molar-refractivity contribution in [2.24, 2.45) is 0 Å². The van der Waals surface area contributed by atoms with Gasteiger partial charge in [-0.3, -0.25) is 0 Å². The average Bonchev–Trinajstić information content (AvgIpc) is 2.76. The first kappa shape index (κ1) is 19.2. The van der Waals surface area contributed by atoms with E-state index in [0.717, 1.165) is 4.90 Å². The van der Waals surface area contributed by atoms with E-state index in [1.807, 2.05) is 0 Å². The highest BCUT2D eigenvalue weighted by Crippen LogP contribution is 2.21. The number of anilines is 1. The predicted molar refractivity (Wildman–Crippen MR) is 95.6 cm³/mol. The number of amides is 2. The van der Waals surface area contributed by atoms with Crippen molar-refractivity contribution in [3.63, 3.8) is 0 Å². The van der Waals surface area contributed by atoms with E-state index in [2.05, 4.69) is 26.0 Å². The standard InChI is InChI=1S/C16H21BrN4O4/c1-15(2,3)24-13(22)20(14(23)25-16(4,5)6)12-8-7-11-18-9-10(17)21(11)19-12/h7-9H,1-6H3. The number of fused-ring (bicyclic) bond motifs is 1. The number of imide groups is 1. The topological polar surface area (TPSA) is 86.0 Å². The van der Waals surface area contributed by atoms with Gasteiger partial charge in [-0.05, 0) is 69.6 Å². The van der Waals surface area contributed by atoms with E-state index in [1.165, 1.54) is 10.6 Å². The van der Waals surface area contributed by atoms with Crippen molar-refractivity contribution in [1.29, 1.82) is 0 Å². The van der Waals surface area contributed by atoms with Crippen LogP contribution >= 0.6 is 15.9 Å². The highest BCUT2D eigenvalue weighted by atomic mass is 79.9. The van der Waals surface area contributed by atoms with Gasteiger partial charge in [-0.25, -0.2) is 19.1 Å². The monoisotopic (exact) mass is 412 g/mol. The lowest BCUT2D eigenvalue weighted by atomic mass is 10.2. The predicted octanol–water partition coefficient (Wildman–Crippen LogP) is 4.17. The third-order valence-electron chi connectivity index (χ3n) is 2.69. The quantitative estimate of drug-likeness (QED) is 0.698. The Morgan fingerprint density at radius 2 is 1.56 bits per heavy atom. The Bertz CT molecular complexity index is 777. The number of halogens is 1. The van der Waals surface area contributed by atoms with Gasteiger partial charge < -0.3 is 9.47 Å². The Hall–Kier alpha value is -2.16. The minimum Gasteiger partial charge on any atom is -0.443 e. The van der Waals surface area contributed by atoms with Gasteiger partial charge in [-0.1, -0.05) is 0 Å². The maximum Gasteiger partial charge on any atom is 0.425 e. The zero-order valence-corrected chi connectivity index (χ0v) is 16.6. The normalized spacial score (nSPS) is 12.1. The van der Waals surface area contributed by atoms with E-state index in [0.29, 0.717) is 10.3 Å². The van der Waals surface area contributed by atoms with Gasteiger partial charge in [0.1, 0.15) is 15.8 Å². The summed E-state index contributed by atoms with van der Waals surface area (Å²) in [6.45, 7) is 10.3. The summed E-state index contributed by atoms with van der Waals surface area (Å²) in [5, 5.41) is 4.27. The fraction of sp³-hybridized carbons (Fsp3) is 0.500. The molecule has 0 aromatic carbocycles. The maximum absolute atomic E-state index is 12.6. The number of aromatic nitrogens is 3. The molecule has 0 saturated carbocycles. The molecule has 9 heteroatoms. The second-order valence-electron chi connectivity index (χ2n) is 7.34. The van der Waals surface area contributed by atoms with Gasteiger partial charge >= 0.3 is 12.2 Å². The van der Waals surface area contributed by atoms with Gasteiger partial charge in [-0.15, -0.1) is 5.10 Å². The molecule has 136 valence electrons. The Morgan fingerprint density at radius 1 is 1.04 bits per heavy atom.